The van der Waals surface area contributed by atoms with Crippen LogP contribution in [0.25, 0.3) is 11.8 Å². The maximum atomic E-state index is 13.3. The summed E-state index contributed by atoms with van der Waals surface area (Å²) in [5, 5.41) is 2.61. The fourth-order valence-corrected chi connectivity index (χ4v) is 4.11. The molecule has 0 aliphatic carbocycles. The molecule has 0 saturated carbocycles. The van der Waals surface area contributed by atoms with Gasteiger partial charge in [0.2, 0.25) is 0 Å². The van der Waals surface area contributed by atoms with Gasteiger partial charge in [-0.3, -0.25) is 19.8 Å². The highest BCUT2D eigenvalue weighted by Crippen LogP contribution is 2.27. The van der Waals surface area contributed by atoms with E-state index in [0.29, 0.717) is 23.6 Å². The van der Waals surface area contributed by atoms with Crippen LogP contribution in [0.4, 0.5) is 10.1 Å². The second-order valence-corrected chi connectivity index (χ2v) is 7.91. The Balaban J connectivity index is 1.71. The first-order chi connectivity index (χ1) is 15.8. The molecule has 0 radical (unpaired) electrons. The van der Waals surface area contributed by atoms with Crippen LogP contribution in [0.3, 0.4) is 0 Å². The summed E-state index contributed by atoms with van der Waals surface area (Å²) in [6.45, 7) is 6.20. The van der Waals surface area contributed by atoms with Gasteiger partial charge < -0.3 is 9.30 Å². The lowest BCUT2D eigenvalue weighted by Gasteiger charge is -2.29. The van der Waals surface area contributed by atoms with E-state index in [1.54, 1.807) is 42.5 Å². The van der Waals surface area contributed by atoms with Gasteiger partial charge in [0.1, 0.15) is 17.1 Å². The summed E-state index contributed by atoms with van der Waals surface area (Å²) in [6.07, 6.45) is 1.56. The number of carbonyl (C=O) groups excluding carboxylic acids is 2. The van der Waals surface area contributed by atoms with Gasteiger partial charge in [-0.2, -0.15) is 0 Å². The van der Waals surface area contributed by atoms with Crippen molar-refractivity contribution in [2.24, 2.45) is 0 Å². The van der Waals surface area contributed by atoms with E-state index < -0.39 is 11.8 Å². The van der Waals surface area contributed by atoms with Crippen molar-refractivity contribution in [3.8, 4) is 11.4 Å². The second kappa shape index (κ2) is 8.99. The zero-order valence-corrected chi connectivity index (χ0v) is 19.2. The van der Waals surface area contributed by atoms with Crippen LogP contribution < -0.4 is 15.0 Å². The number of nitrogens with one attached hydrogen (secondary N) is 1. The largest absolute Gasteiger partial charge is 0.494 e. The lowest BCUT2D eigenvalue weighted by molar-refractivity contribution is -0.122. The minimum atomic E-state index is -0.557. The fourth-order valence-electron chi connectivity index (χ4n) is 3.83. The number of hydrogen-bond acceptors (Lipinski definition) is 4. The van der Waals surface area contributed by atoms with E-state index in [4.69, 9.17) is 17.0 Å². The van der Waals surface area contributed by atoms with Crippen LogP contribution in [0.1, 0.15) is 23.9 Å². The summed E-state index contributed by atoms with van der Waals surface area (Å²) >= 11 is 5.27. The topological polar surface area (TPSA) is 63.6 Å². The molecule has 1 saturated heterocycles. The molecule has 3 aromatic rings. The third kappa shape index (κ3) is 4.29. The number of aryl methyl sites for hydroxylation is 1. The normalized spacial score (nSPS) is 15.2. The molecular formula is C25H22FN3O3S. The molecule has 1 fully saturated rings. The van der Waals surface area contributed by atoms with Gasteiger partial charge in [0.05, 0.1) is 12.3 Å². The van der Waals surface area contributed by atoms with E-state index in [9.17, 15) is 14.0 Å². The Morgan fingerprint density at radius 1 is 1.03 bits per heavy atom. The van der Waals surface area contributed by atoms with Crippen LogP contribution in [-0.4, -0.2) is 28.1 Å². The molecule has 0 unspecified atom stereocenters. The molecule has 2 aromatic carbocycles. The lowest BCUT2D eigenvalue weighted by Crippen LogP contribution is -2.54. The molecule has 0 spiro atoms. The van der Waals surface area contributed by atoms with Crippen LogP contribution in [-0.2, 0) is 9.59 Å². The summed E-state index contributed by atoms with van der Waals surface area (Å²) in [5.41, 5.74) is 3.68. The Morgan fingerprint density at radius 2 is 1.67 bits per heavy atom. The standard InChI is InChI=1S/C25H22FN3O3S/c1-4-32-21-11-9-20(10-12-21)29-24(31)22(23(30)27-25(29)33)14-17-13-15(2)28(16(17)3)19-7-5-18(26)6-8-19/h5-14H,4H2,1-3H3,(H,27,30,33)/b22-14+. The van der Waals surface area contributed by atoms with E-state index in [1.807, 2.05) is 31.4 Å². The van der Waals surface area contributed by atoms with Crippen LogP contribution >= 0.6 is 12.2 Å². The smallest absolute Gasteiger partial charge is 0.270 e. The van der Waals surface area contributed by atoms with Crippen molar-refractivity contribution in [2.45, 2.75) is 20.8 Å². The van der Waals surface area contributed by atoms with Crippen molar-refractivity contribution in [2.75, 3.05) is 11.5 Å². The number of amides is 2. The highest BCUT2D eigenvalue weighted by atomic mass is 32.1. The highest BCUT2D eigenvalue weighted by molar-refractivity contribution is 7.80. The molecule has 33 heavy (non-hydrogen) atoms. The number of benzene rings is 2. The highest BCUT2D eigenvalue weighted by Gasteiger charge is 2.34. The Morgan fingerprint density at radius 3 is 2.30 bits per heavy atom. The average Bonchev–Trinajstić information content (AvgIpc) is 3.06. The minimum absolute atomic E-state index is 0.0168. The van der Waals surface area contributed by atoms with Gasteiger partial charge in [-0.25, -0.2) is 4.39 Å². The number of nitrogens with zero attached hydrogens (tertiary/aromatic N) is 2. The average molecular weight is 464 g/mol. The number of ether oxygens (including phenoxy) is 1. The van der Waals surface area contributed by atoms with Crippen molar-refractivity contribution in [1.82, 2.24) is 9.88 Å². The molecule has 0 atom stereocenters. The molecule has 1 N–H and O–H groups in total. The van der Waals surface area contributed by atoms with Crippen LogP contribution in [0.15, 0.2) is 60.2 Å². The zero-order chi connectivity index (χ0) is 23.7. The van der Waals surface area contributed by atoms with Crippen molar-refractivity contribution in [3.05, 3.63) is 82.9 Å². The molecule has 6 nitrogen and oxygen atoms in total. The number of thiocarbonyl (C=S) groups is 1. The maximum Gasteiger partial charge on any atom is 0.270 e. The number of halogens is 1. The van der Waals surface area contributed by atoms with Crippen LogP contribution in [0.2, 0.25) is 0 Å². The van der Waals surface area contributed by atoms with Gasteiger partial charge >= 0.3 is 0 Å². The monoisotopic (exact) mass is 463 g/mol. The summed E-state index contributed by atoms with van der Waals surface area (Å²) in [4.78, 5) is 27.3. The molecule has 0 bridgehead atoms. The Bertz CT molecular complexity index is 1280. The van der Waals surface area contributed by atoms with Crippen molar-refractivity contribution < 1.29 is 18.7 Å². The number of carbonyl (C=O) groups is 2. The molecule has 1 aliphatic rings. The SMILES string of the molecule is CCOc1ccc(N2C(=O)/C(=C/c3cc(C)n(-c4ccc(F)cc4)c3C)C(=O)NC2=S)cc1. The quantitative estimate of drug-likeness (QED) is 0.345. The zero-order valence-electron chi connectivity index (χ0n) is 18.4. The van der Waals surface area contributed by atoms with E-state index >= 15 is 0 Å². The summed E-state index contributed by atoms with van der Waals surface area (Å²) in [7, 11) is 0. The van der Waals surface area contributed by atoms with Crippen molar-refractivity contribution >= 4 is 40.9 Å². The van der Waals surface area contributed by atoms with Gasteiger partial charge in [0.25, 0.3) is 11.8 Å². The number of rotatable bonds is 5. The van der Waals surface area contributed by atoms with Crippen LogP contribution in [0.5, 0.6) is 5.75 Å². The van der Waals surface area contributed by atoms with Crippen molar-refractivity contribution in [3.63, 3.8) is 0 Å². The van der Waals surface area contributed by atoms with Crippen molar-refractivity contribution in [1.29, 1.82) is 0 Å². The Kier molecular flexibility index (Phi) is 6.11. The third-order valence-electron chi connectivity index (χ3n) is 5.36. The molecule has 2 amide bonds. The molecule has 2 heterocycles. The number of hydrogen-bond donors (Lipinski definition) is 1. The number of aromatic nitrogens is 1. The summed E-state index contributed by atoms with van der Waals surface area (Å²) in [5.74, 6) is -0.721. The molecule has 1 aromatic heterocycles. The van der Waals surface area contributed by atoms with E-state index in [1.165, 1.54) is 17.0 Å². The first-order valence-corrected chi connectivity index (χ1v) is 10.8. The van der Waals surface area contributed by atoms with Crippen LogP contribution in [0, 0.1) is 19.7 Å². The first kappa shape index (κ1) is 22.4. The first-order valence-electron chi connectivity index (χ1n) is 10.4. The van der Waals surface area contributed by atoms with Gasteiger partial charge in [-0.1, -0.05) is 0 Å². The van der Waals surface area contributed by atoms with E-state index in [2.05, 4.69) is 5.32 Å². The predicted octanol–water partition coefficient (Wildman–Crippen LogP) is 4.46. The van der Waals surface area contributed by atoms with Gasteiger partial charge in [-0.05, 0) is 99.2 Å². The second-order valence-electron chi connectivity index (χ2n) is 7.52. The predicted molar refractivity (Wildman–Crippen MR) is 129 cm³/mol. The molecule has 1 aliphatic heterocycles. The van der Waals surface area contributed by atoms with Gasteiger partial charge in [0.15, 0.2) is 5.11 Å². The maximum absolute atomic E-state index is 13.3. The van der Waals surface area contributed by atoms with Gasteiger partial charge in [0, 0.05) is 17.1 Å². The van der Waals surface area contributed by atoms with E-state index in [-0.39, 0.29) is 16.5 Å². The Labute approximate surface area is 196 Å². The molecular weight excluding hydrogens is 441 g/mol. The molecule has 168 valence electrons. The van der Waals surface area contributed by atoms with E-state index in [0.717, 1.165) is 17.1 Å². The molecule has 4 rings (SSSR count). The van der Waals surface area contributed by atoms with Gasteiger partial charge in [-0.15, -0.1) is 0 Å². The summed E-state index contributed by atoms with van der Waals surface area (Å²) < 4.78 is 20.7. The summed E-state index contributed by atoms with van der Waals surface area (Å²) in [6, 6.07) is 14.9. The number of anilines is 1. The third-order valence-corrected chi connectivity index (χ3v) is 5.65. The Hall–Kier alpha value is -3.78. The fraction of sp³-hybridized carbons (Fsp3) is 0.160. The minimum Gasteiger partial charge on any atom is -0.494 e. The lowest BCUT2D eigenvalue weighted by atomic mass is 10.1. The molecule has 8 heteroatoms.